The third kappa shape index (κ3) is 5.06. The number of carboxylic acids is 2. The predicted octanol–water partition coefficient (Wildman–Crippen LogP) is 0.718. The monoisotopic (exact) mass is 437 g/mol. The van der Waals surface area contributed by atoms with Crippen LogP contribution in [0.1, 0.15) is 5.82 Å². The maximum atomic E-state index is 11.3. The Morgan fingerprint density at radius 2 is 1.56 bits per heavy atom. The fourth-order valence-electron chi connectivity index (χ4n) is 3.71. The second-order valence-electron chi connectivity index (χ2n) is 7.44. The van der Waals surface area contributed by atoms with Crippen molar-refractivity contribution in [3.05, 3.63) is 48.5 Å². The van der Waals surface area contributed by atoms with Gasteiger partial charge in [-0.15, -0.1) is 0 Å². The average Bonchev–Trinajstić information content (AvgIpc) is 2.78. The van der Waals surface area contributed by atoms with E-state index in [0.717, 1.165) is 26.2 Å². The molecule has 0 bridgehead atoms. The van der Waals surface area contributed by atoms with E-state index >= 15 is 0 Å². The van der Waals surface area contributed by atoms with Crippen LogP contribution in [0.25, 0.3) is 10.9 Å². The van der Waals surface area contributed by atoms with E-state index in [0.29, 0.717) is 35.0 Å². The standard InChI is InChI=1S/C21H23N7O4/c29-18(30)13-28(14-19(31)32)20-15-4-1-2-5-16(15)24-17(25-20)12-26-8-10-27(11-9-26)21-22-6-3-7-23-21/h1-7H,8-14H2,(H,29,30)(H,31,32). The number of hydrogen-bond acceptors (Lipinski definition) is 9. The molecule has 1 aliphatic rings. The number of hydrogen-bond donors (Lipinski definition) is 2. The van der Waals surface area contributed by atoms with Gasteiger partial charge < -0.3 is 20.0 Å². The highest BCUT2D eigenvalue weighted by molar-refractivity contribution is 5.92. The predicted molar refractivity (Wildman–Crippen MR) is 117 cm³/mol. The molecule has 0 amide bonds. The minimum absolute atomic E-state index is 0.312. The van der Waals surface area contributed by atoms with E-state index in [4.69, 9.17) is 0 Å². The molecule has 32 heavy (non-hydrogen) atoms. The molecule has 11 nitrogen and oxygen atoms in total. The molecule has 0 spiro atoms. The molecule has 1 saturated heterocycles. The fourth-order valence-corrected chi connectivity index (χ4v) is 3.71. The molecule has 2 aromatic heterocycles. The SMILES string of the molecule is O=C(O)CN(CC(=O)O)c1nc(CN2CCN(c3ncccn3)CC2)nc2ccccc12. The summed E-state index contributed by atoms with van der Waals surface area (Å²) in [6.07, 6.45) is 3.44. The first-order chi connectivity index (χ1) is 15.5. The molecule has 0 radical (unpaired) electrons. The summed E-state index contributed by atoms with van der Waals surface area (Å²) in [6.45, 7) is 2.57. The molecular formula is C21H23N7O4. The van der Waals surface area contributed by atoms with E-state index in [1.165, 1.54) is 4.90 Å². The van der Waals surface area contributed by atoms with Crippen LogP contribution in [0.15, 0.2) is 42.7 Å². The minimum Gasteiger partial charge on any atom is -0.480 e. The minimum atomic E-state index is -1.13. The maximum absolute atomic E-state index is 11.3. The zero-order valence-corrected chi connectivity index (χ0v) is 17.3. The molecule has 1 aromatic carbocycles. The number of aromatic nitrogens is 4. The van der Waals surface area contributed by atoms with E-state index in [9.17, 15) is 19.8 Å². The van der Waals surface area contributed by atoms with Crippen LogP contribution >= 0.6 is 0 Å². The number of carboxylic acid groups (broad SMARTS) is 2. The summed E-state index contributed by atoms with van der Waals surface area (Å²) in [6, 6.07) is 8.99. The molecule has 2 N–H and O–H groups in total. The second-order valence-corrected chi connectivity index (χ2v) is 7.44. The van der Waals surface area contributed by atoms with E-state index < -0.39 is 25.0 Å². The lowest BCUT2D eigenvalue weighted by Gasteiger charge is -2.34. The smallest absolute Gasteiger partial charge is 0.323 e. The van der Waals surface area contributed by atoms with Crippen LogP contribution in [0.2, 0.25) is 0 Å². The topological polar surface area (TPSA) is 136 Å². The van der Waals surface area contributed by atoms with Gasteiger partial charge in [0.2, 0.25) is 5.95 Å². The lowest BCUT2D eigenvalue weighted by molar-refractivity contribution is -0.136. The molecular weight excluding hydrogens is 414 g/mol. The van der Waals surface area contributed by atoms with Gasteiger partial charge in [0.05, 0.1) is 12.1 Å². The van der Waals surface area contributed by atoms with Crippen molar-refractivity contribution < 1.29 is 19.8 Å². The summed E-state index contributed by atoms with van der Waals surface area (Å²) < 4.78 is 0. The first kappa shape index (κ1) is 21.4. The number of para-hydroxylation sites is 1. The van der Waals surface area contributed by atoms with Gasteiger partial charge in [0, 0.05) is 44.0 Å². The largest absolute Gasteiger partial charge is 0.480 e. The first-order valence-corrected chi connectivity index (χ1v) is 10.2. The highest BCUT2D eigenvalue weighted by atomic mass is 16.4. The van der Waals surface area contributed by atoms with Crippen molar-refractivity contribution in [2.24, 2.45) is 0 Å². The van der Waals surface area contributed by atoms with Crippen molar-refractivity contribution in [2.45, 2.75) is 6.54 Å². The van der Waals surface area contributed by atoms with Crippen LogP contribution in [0, 0.1) is 0 Å². The molecule has 0 unspecified atom stereocenters. The van der Waals surface area contributed by atoms with E-state index in [2.05, 4.69) is 29.7 Å². The number of fused-ring (bicyclic) bond motifs is 1. The van der Waals surface area contributed by atoms with Crippen molar-refractivity contribution in [1.82, 2.24) is 24.8 Å². The quantitative estimate of drug-likeness (QED) is 0.516. The summed E-state index contributed by atoms with van der Waals surface area (Å²) in [4.78, 5) is 46.1. The number of anilines is 2. The summed E-state index contributed by atoms with van der Waals surface area (Å²) in [5.41, 5.74) is 0.643. The number of nitrogens with zero attached hydrogens (tertiary/aromatic N) is 7. The van der Waals surface area contributed by atoms with Crippen LogP contribution in [0.4, 0.5) is 11.8 Å². The van der Waals surface area contributed by atoms with Gasteiger partial charge in [-0.05, 0) is 18.2 Å². The third-order valence-corrected chi connectivity index (χ3v) is 5.15. The normalized spacial score (nSPS) is 14.4. The van der Waals surface area contributed by atoms with Gasteiger partial charge in [0.1, 0.15) is 24.7 Å². The summed E-state index contributed by atoms with van der Waals surface area (Å²) >= 11 is 0. The number of rotatable bonds is 8. The molecule has 0 atom stereocenters. The first-order valence-electron chi connectivity index (χ1n) is 10.2. The van der Waals surface area contributed by atoms with Gasteiger partial charge in [-0.2, -0.15) is 0 Å². The Balaban J connectivity index is 1.55. The molecule has 0 aliphatic carbocycles. The highest BCUT2D eigenvalue weighted by Crippen LogP contribution is 2.24. The summed E-state index contributed by atoms with van der Waals surface area (Å²) in [5, 5.41) is 19.2. The Morgan fingerprint density at radius 3 is 2.22 bits per heavy atom. The van der Waals surface area contributed by atoms with Gasteiger partial charge in [-0.25, -0.2) is 19.9 Å². The Morgan fingerprint density at radius 1 is 0.906 bits per heavy atom. The van der Waals surface area contributed by atoms with Crippen LogP contribution in [-0.2, 0) is 16.1 Å². The lowest BCUT2D eigenvalue weighted by atomic mass is 10.2. The molecule has 166 valence electrons. The van der Waals surface area contributed by atoms with Crippen molar-refractivity contribution in [3.8, 4) is 0 Å². The number of carbonyl (C=O) groups is 2. The van der Waals surface area contributed by atoms with Gasteiger partial charge in [-0.3, -0.25) is 14.5 Å². The third-order valence-electron chi connectivity index (χ3n) is 5.15. The number of benzene rings is 1. The van der Waals surface area contributed by atoms with Crippen LogP contribution in [-0.4, -0.2) is 86.3 Å². The molecule has 1 fully saturated rings. The summed E-state index contributed by atoms with van der Waals surface area (Å²) in [5.74, 6) is -0.727. The maximum Gasteiger partial charge on any atom is 0.323 e. The molecule has 1 aliphatic heterocycles. The average molecular weight is 437 g/mol. The van der Waals surface area contributed by atoms with E-state index in [1.807, 2.05) is 12.1 Å². The zero-order chi connectivity index (χ0) is 22.5. The molecule has 3 heterocycles. The molecule has 3 aromatic rings. The van der Waals surface area contributed by atoms with Crippen LogP contribution < -0.4 is 9.80 Å². The van der Waals surface area contributed by atoms with Crippen LogP contribution in [0.5, 0.6) is 0 Å². The van der Waals surface area contributed by atoms with Gasteiger partial charge in [0.15, 0.2) is 0 Å². The number of aliphatic carboxylic acids is 2. The summed E-state index contributed by atoms with van der Waals surface area (Å²) in [7, 11) is 0. The Hall–Kier alpha value is -3.86. The molecule has 0 saturated carbocycles. The Bertz CT molecular complexity index is 1090. The highest BCUT2D eigenvalue weighted by Gasteiger charge is 2.22. The second kappa shape index (κ2) is 9.52. The van der Waals surface area contributed by atoms with Gasteiger partial charge in [0.25, 0.3) is 0 Å². The zero-order valence-electron chi connectivity index (χ0n) is 17.3. The van der Waals surface area contributed by atoms with Gasteiger partial charge in [-0.1, -0.05) is 12.1 Å². The van der Waals surface area contributed by atoms with Crippen molar-refractivity contribution >= 4 is 34.6 Å². The lowest BCUT2D eigenvalue weighted by Crippen LogP contribution is -2.46. The fraction of sp³-hybridized carbons (Fsp3) is 0.333. The van der Waals surface area contributed by atoms with Gasteiger partial charge >= 0.3 is 11.9 Å². The molecule has 4 rings (SSSR count). The molecule has 11 heteroatoms. The van der Waals surface area contributed by atoms with Crippen LogP contribution in [0.3, 0.4) is 0 Å². The van der Waals surface area contributed by atoms with E-state index in [-0.39, 0.29) is 0 Å². The Labute approximate surface area is 184 Å². The Kier molecular flexibility index (Phi) is 6.36. The number of piperazine rings is 1. The van der Waals surface area contributed by atoms with E-state index in [1.54, 1.807) is 30.6 Å². The van der Waals surface area contributed by atoms with Crippen molar-refractivity contribution in [1.29, 1.82) is 0 Å². The van der Waals surface area contributed by atoms with Crippen molar-refractivity contribution in [3.63, 3.8) is 0 Å². The van der Waals surface area contributed by atoms with Crippen molar-refractivity contribution in [2.75, 3.05) is 49.1 Å².